The van der Waals surface area contributed by atoms with E-state index in [1.165, 1.54) is 56.2 Å². The Bertz CT molecular complexity index is 959. The third kappa shape index (κ3) is 9.54. The number of hydrogen-bond donors (Lipinski definition) is 2. The lowest BCUT2D eigenvalue weighted by atomic mass is 9.99. The second kappa shape index (κ2) is 14.9. The first-order valence-corrected chi connectivity index (χ1v) is 11.7. The normalized spacial score (nSPS) is 10.4. The van der Waals surface area contributed by atoms with Gasteiger partial charge in [0.25, 0.3) is 0 Å². The fourth-order valence-corrected chi connectivity index (χ4v) is 3.50. The largest absolute Gasteiger partial charge is 0.478 e. The summed E-state index contributed by atoms with van der Waals surface area (Å²) < 4.78 is 14.1. The van der Waals surface area contributed by atoms with Crippen LogP contribution in [-0.4, -0.2) is 27.8 Å². The van der Waals surface area contributed by atoms with Crippen molar-refractivity contribution in [2.24, 2.45) is 0 Å². The number of aryl methyl sites for hydroxylation is 1. The molecule has 3 aromatic rings. The van der Waals surface area contributed by atoms with E-state index in [1.807, 2.05) is 42.5 Å². The van der Waals surface area contributed by atoms with E-state index in [9.17, 15) is 9.18 Å². The molecule has 2 N–H and O–H groups in total. The quantitative estimate of drug-likeness (QED) is 0.318. The van der Waals surface area contributed by atoms with Crippen molar-refractivity contribution >= 4 is 5.97 Å². The second-order valence-corrected chi connectivity index (χ2v) is 8.01. The molecule has 0 amide bonds. The Morgan fingerprint density at radius 1 is 0.909 bits per heavy atom. The van der Waals surface area contributed by atoms with Crippen molar-refractivity contribution in [3.05, 3.63) is 89.5 Å². The SMILES string of the molecule is CCCCCCCCc1ccc(-c2ccc(C(=O)O)cc2F)cc1.OCCc1ccccn1. The van der Waals surface area contributed by atoms with Gasteiger partial charge in [0.1, 0.15) is 5.82 Å². The molecule has 0 aliphatic rings. The monoisotopic (exact) mass is 451 g/mol. The molecule has 176 valence electrons. The zero-order valence-electron chi connectivity index (χ0n) is 19.3. The topological polar surface area (TPSA) is 70.4 Å². The van der Waals surface area contributed by atoms with Gasteiger partial charge >= 0.3 is 5.97 Å². The molecule has 5 heteroatoms. The summed E-state index contributed by atoms with van der Waals surface area (Å²) in [5, 5.41) is 17.4. The van der Waals surface area contributed by atoms with Gasteiger partial charge in [-0.3, -0.25) is 4.98 Å². The highest BCUT2D eigenvalue weighted by Crippen LogP contribution is 2.24. The first kappa shape index (κ1) is 26.2. The zero-order valence-corrected chi connectivity index (χ0v) is 19.3. The Kier molecular flexibility index (Phi) is 11.8. The van der Waals surface area contributed by atoms with Crippen LogP contribution in [0.4, 0.5) is 4.39 Å². The Hall–Kier alpha value is -3.05. The number of nitrogens with zero attached hydrogens (tertiary/aromatic N) is 1. The molecular formula is C28H34FNO3. The highest BCUT2D eigenvalue weighted by atomic mass is 19.1. The van der Waals surface area contributed by atoms with Crippen molar-refractivity contribution in [2.45, 2.75) is 58.3 Å². The third-order valence-electron chi connectivity index (χ3n) is 5.39. The van der Waals surface area contributed by atoms with Gasteiger partial charge in [-0.05, 0) is 48.2 Å². The summed E-state index contributed by atoms with van der Waals surface area (Å²) in [5.74, 6) is -1.62. The maximum absolute atomic E-state index is 14.1. The average Bonchev–Trinajstić information content (AvgIpc) is 2.83. The van der Waals surface area contributed by atoms with Gasteiger partial charge < -0.3 is 10.2 Å². The summed E-state index contributed by atoms with van der Waals surface area (Å²) in [6, 6.07) is 17.6. The molecule has 33 heavy (non-hydrogen) atoms. The third-order valence-corrected chi connectivity index (χ3v) is 5.39. The molecule has 2 aromatic carbocycles. The Balaban J connectivity index is 0.000000357. The molecule has 4 nitrogen and oxygen atoms in total. The zero-order chi connectivity index (χ0) is 23.9. The molecule has 0 fully saturated rings. The highest BCUT2D eigenvalue weighted by molar-refractivity contribution is 5.88. The van der Waals surface area contributed by atoms with Crippen molar-refractivity contribution in [1.82, 2.24) is 4.98 Å². The predicted molar refractivity (Wildman–Crippen MR) is 131 cm³/mol. The van der Waals surface area contributed by atoms with Crippen molar-refractivity contribution in [3.63, 3.8) is 0 Å². The Morgan fingerprint density at radius 2 is 1.64 bits per heavy atom. The molecule has 0 atom stereocenters. The number of aliphatic hydroxyl groups excluding tert-OH is 1. The van der Waals surface area contributed by atoms with Crippen LogP contribution in [0.3, 0.4) is 0 Å². The summed E-state index contributed by atoms with van der Waals surface area (Å²) in [5.41, 5.74) is 3.38. The number of aromatic carboxylic acids is 1. The lowest BCUT2D eigenvalue weighted by Gasteiger charge is -2.07. The number of benzene rings is 2. The molecule has 1 heterocycles. The number of hydrogen-bond acceptors (Lipinski definition) is 3. The van der Waals surface area contributed by atoms with E-state index in [-0.39, 0.29) is 12.2 Å². The number of carbonyl (C=O) groups is 1. The minimum absolute atomic E-state index is 0.0315. The highest BCUT2D eigenvalue weighted by Gasteiger charge is 2.09. The van der Waals surface area contributed by atoms with Crippen molar-refractivity contribution < 1.29 is 19.4 Å². The van der Waals surface area contributed by atoms with Crippen LogP contribution in [0.5, 0.6) is 0 Å². The van der Waals surface area contributed by atoms with E-state index in [1.54, 1.807) is 6.20 Å². The molecule has 0 aliphatic carbocycles. The summed E-state index contributed by atoms with van der Waals surface area (Å²) in [6.07, 6.45) is 11.1. The van der Waals surface area contributed by atoms with E-state index in [0.29, 0.717) is 12.0 Å². The number of carboxylic acid groups (broad SMARTS) is 1. The van der Waals surface area contributed by atoms with Gasteiger partial charge in [-0.15, -0.1) is 0 Å². The summed E-state index contributed by atoms with van der Waals surface area (Å²) >= 11 is 0. The van der Waals surface area contributed by atoms with Crippen LogP contribution < -0.4 is 0 Å². The Morgan fingerprint density at radius 3 is 2.24 bits per heavy atom. The summed E-state index contributed by atoms with van der Waals surface area (Å²) in [6.45, 7) is 2.40. The van der Waals surface area contributed by atoms with Gasteiger partial charge in [0.15, 0.2) is 0 Å². The molecule has 0 radical (unpaired) electrons. The van der Waals surface area contributed by atoms with Crippen molar-refractivity contribution in [3.8, 4) is 11.1 Å². The van der Waals surface area contributed by atoms with E-state index < -0.39 is 11.8 Å². The van der Waals surface area contributed by atoms with Crippen LogP contribution in [-0.2, 0) is 12.8 Å². The van der Waals surface area contributed by atoms with Crippen LogP contribution >= 0.6 is 0 Å². The van der Waals surface area contributed by atoms with Crippen molar-refractivity contribution in [2.75, 3.05) is 6.61 Å². The van der Waals surface area contributed by atoms with Crippen molar-refractivity contribution in [1.29, 1.82) is 0 Å². The fraction of sp³-hybridized carbons (Fsp3) is 0.357. The first-order chi connectivity index (χ1) is 16.0. The molecule has 0 aliphatic heterocycles. The number of aliphatic hydroxyl groups is 1. The number of carboxylic acids is 1. The number of halogens is 1. The minimum atomic E-state index is -1.12. The van der Waals surface area contributed by atoms with Crippen LogP contribution in [0.2, 0.25) is 0 Å². The van der Waals surface area contributed by atoms with Gasteiger partial charge in [0.05, 0.1) is 5.56 Å². The van der Waals surface area contributed by atoms with E-state index in [2.05, 4.69) is 11.9 Å². The van der Waals surface area contributed by atoms with Crippen LogP contribution in [0.15, 0.2) is 66.9 Å². The Labute approximate surface area is 196 Å². The van der Waals surface area contributed by atoms with E-state index >= 15 is 0 Å². The minimum Gasteiger partial charge on any atom is -0.478 e. The first-order valence-electron chi connectivity index (χ1n) is 11.7. The van der Waals surface area contributed by atoms with Crippen LogP contribution in [0.1, 0.15) is 67.1 Å². The molecule has 0 spiro atoms. The number of rotatable bonds is 11. The van der Waals surface area contributed by atoms with Crippen LogP contribution in [0.25, 0.3) is 11.1 Å². The predicted octanol–water partition coefficient (Wildman–Crippen LogP) is 6.71. The summed E-state index contributed by atoms with van der Waals surface area (Å²) in [7, 11) is 0. The molecule has 0 saturated carbocycles. The van der Waals surface area contributed by atoms with Gasteiger partial charge in [0.2, 0.25) is 0 Å². The molecule has 0 saturated heterocycles. The molecular weight excluding hydrogens is 417 g/mol. The van der Waals surface area contributed by atoms with E-state index in [4.69, 9.17) is 10.2 Å². The standard InChI is InChI=1S/C21H25FO2.C7H9NO/c1-2-3-4-5-6-7-8-16-9-11-17(12-10-16)19-14-13-18(21(23)24)15-20(19)22;9-6-4-7-3-1-2-5-8-7/h9-15H,2-8H2,1H3,(H,23,24);1-3,5,9H,4,6H2. The molecule has 1 aromatic heterocycles. The number of pyridine rings is 1. The maximum Gasteiger partial charge on any atom is 0.335 e. The lowest BCUT2D eigenvalue weighted by Crippen LogP contribution is -1.97. The molecule has 3 rings (SSSR count). The van der Waals surface area contributed by atoms with Gasteiger partial charge in [-0.25, -0.2) is 9.18 Å². The molecule has 0 unspecified atom stereocenters. The average molecular weight is 452 g/mol. The smallest absolute Gasteiger partial charge is 0.335 e. The number of aromatic nitrogens is 1. The van der Waals surface area contributed by atoms with Crippen LogP contribution in [0, 0.1) is 5.82 Å². The maximum atomic E-state index is 14.1. The second-order valence-electron chi connectivity index (χ2n) is 8.01. The fourth-order valence-electron chi connectivity index (χ4n) is 3.50. The molecule has 0 bridgehead atoms. The lowest BCUT2D eigenvalue weighted by molar-refractivity contribution is 0.0696. The number of unbranched alkanes of at least 4 members (excludes halogenated alkanes) is 5. The summed E-state index contributed by atoms with van der Waals surface area (Å²) in [4.78, 5) is 14.9. The van der Waals surface area contributed by atoms with Gasteiger partial charge in [-0.1, -0.05) is 75.4 Å². The van der Waals surface area contributed by atoms with Gasteiger partial charge in [-0.2, -0.15) is 0 Å². The van der Waals surface area contributed by atoms with Gasteiger partial charge in [0, 0.05) is 30.5 Å². The van der Waals surface area contributed by atoms with E-state index in [0.717, 1.165) is 23.7 Å².